The quantitative estimate of drug-likeness (QED) is 0.482. The zero-order valence-electron chi connectivity index (χ0n) is 10.3. The minimum Gasteiger partial charge on any atom is -0.300 e. The summed E-state index contributed by atoms with van der Waals surface area (Å²) in [6, 6.07) is 1.26. The summed E-state index contributed by atoms with van der Waals surface area (Å²) in [5, 5.41) is 0. The van der Waals surface area contributed by atoms with Crippen LogP contribution < -0.4 is 0 Å². The number of Topliss-reactive ketones (excluding diaryl/α,β-unsaturated/α-hetero) is 1. The van der Waals surface area contributed by atoms with Gasteiger partial charge < -0.3 is 4.79 Å². The first-order valence-electron chi connectivity index (χ1n) is 5.37. The van der Waals surface area contributed by atoms with Crippen LogP contribution in [0.5, 0.6) is 0 Å². The van der Waals surface area contributed by atoms with Crippen molar-refractivity contribution in [3.63, 3.8) is 0 Å². The van der Waals surface area contributed by atoms with E-state index in [1.165, 1.54) is 11.6 Å². The van der Waals surface area contributed by atoms with Crippen molar-refractivity contribution in [1.29, 1.82) is 0 Å². The lowest BCUT2D eigenvalue weighted by Crippen LogP contribution is -2.24. The Morgan fingerprint density at radius 3 is 2.07 bits per heavy atom. The summed E-state index contributed by atoms with van der Waals surface area (Å²) in [6.45, 7) is 14.9. The van der Waals surface area contributed by atoms with E-state index >= 15 is 0 Å². The Balaban J connectivity index is 4.17. The molecule has 0 aromatic rings. The predicted molar refractivity (Wildman–Crippen MR) is 66.4 cm³/mol. The second-order valence-electron chi connectivity index (χ2n) is 5.55. The van der Waals surface area contributed by atoms with Gasteiger partial charge >= 0.3 is 0 Å². The first kappa shape index (κ1) is 13.6. The Kier molecular flexibility index (Phi) is 5.35. The number of ketones is 1. The van der Waals surface area contributed by atoms with Gasteiger partial charge in [-0.2, -0.15) is 0 Å². The monoisotopic (exact) mass is 212 g/mol. The molecular weight excluding hydrogens is 188 g/mol. The normalized spacial score (nSPS) is 13.8. The predicted octanol–water partition coefficient (Wildman–Crippen LogP) is 3.89. The van der Waals surface area contributed by atoms with Crippen LogP contribution in [0.15, 0.2) is 12.2 Å². The third kappa shape index (κ3) is 7.07. The summed E-state index contributed by atoms with van der Waals surface area (Å²) in [4.78, 5) is 10.9. The van der Waals surface area contributed by atoms with Gasteiger partial charge in [-0.05, 0) is 26.2 Å². The van der Waals surface area contributed by atoms with E-state index in [1.807, 2.05) is 0 Å². The average Bonchev–Trinajstić information content (AvgIpc) is 1.94. The topological polar surface area (TPSA) is 17.1 Å². The summed E-state index contributed by atoms with van der Waals surface area (Å²) >= 11 is 0. The summed E-state index contributed by atoms with van der Waals surface area (Å²) in [6.07, 6.45) is 1.71. The molecule has 0 spiro atoms. The summed E-state index contributed by atoms with van der Waals surface area (Å²) in [7, 11) is -1.03. The fourth-order valence-corrected chi connectivity index (χ4v) is 3.67. The molecule has 0 aliphatic heterocycles. The van der Waals surface area contributed by atoms with Crippen molar-refractivity contribution >= 4 is 13.9 Å². The Morgan fingerprint density at radius 1 is 1.29 bits per heavy atom. The highest BCUT2D eigenvalue weighted by atomic mass is 28.3. The number of rotatable bonds is 6. The summed E-state index contributed by atoms with van der Waals surface area (Å²) in [5.74, 6) is 0.859. The van der Waals surface area contributed by atoms with E-state index in [1.54, 1.807) is 6.92 Å². The SMILES string of the molecule is C=C(C)C(CCC(C)=O)C[Si](C)(C)C. The molecule has 0 fully saturated rings. The molecule has 0 bridgehead atoms. The maximum Gasteiger partial charge on any atom is 0.129 e. The van der Waals surface area contributed by atoms with Crippen LogP contribution in [-0.2, 0) is 4.79 Å². The van der Waals surface area contributed by atoms with Gasteiger partial charge in [-0.3, -0.25) is 0 Å². The van der Waals surface area contributed by atoms with Gasteiger partial charge in [-0.15, -0.1) is 0 Å². The van der Waals surface area contributed by atoms with Crippen LogP contribution in [0.2, 0.25) is 25.7 Å². The van der Waals surface area contributed by atoms with Crippen molar-refractivity contribution < 1.29 is 4.79 Å². The van der Waals surface area contributed by atoms with Crippen LogP contribution in [0, 0.1) is 5.92 Å². The van der Waals surface area contributed by atoms with Gasteiger partial charge in [0.25, 0.3) is 0 Å². The highest BCUT2D eigenvalue weighted by Crippen LogP contribution is 2.26. The fraction of sp³-hybridized carbons (Fsp3) is 0.750. The first-order chi connectivity index (χ1) is 6.22. The third-order valence-corrected chi connectivity index (χ3v) is 4.12. The summed E-state index contributed by atoms with van der Waals surface area (Å²) in [5.41, 5.74) is 1.24. The van der Waals surface area contributed by atoms with Gasteiger partial charge in [0.15, 0.2) is 0 Å². The van der Waals surface area contributed by atoms with E-state index in [-0.39, 0.29) is 0 Å². The van der Waals surface area contributed by atoms with Crippen LogP contribution in [0.4, 0.5) is 0 Å². The molecule has 2 heteroatoms. The van der Waals surface area contributed by atoms with Crippen molar-refractivity contribution in [3.05, 3.63) is 12.2 Å². The van der Waals surface area contributed by atoms with Crippen LogP contribution >= 0.6 is 0 Å². The first-order valence-corrected chi connectivity index (χ1v) is 9.08. The lowest BCUT2D eigenvalue weighted by atomic mass is 9.97. The third-order valence-electron chi connectivity index (χ3n) is 2.40. The Labute approximate surface area is 89.6 Å². The molecule has 0 aliphatic rings. The van der Waals surface area contributed by atoms with Gasteiger partial charge in [-0.25, -0.2) is 0 Å². The molecular formula is C12H24OSi. The van der Waals surface area contributed by atoms with Gasteiger partial charge in [0.2, 0.25) is 0 Å². The van der Waals surface area contributed by atoms with E-state index in [0.717, 1.165) is 6.42 Å². The van der Waals surface area contributed by atoms with Crippen LogP contribution in [0.3, 0.4) is 0 Å². The lowest BCUT2D eigenvalue weighted by Gasteiger charge is -2.24. The number of carbonyl (C=O) groups is 1. The number of allylic oxidation sites excluding steroid dienone is 1. The van der Waals surface area contributed by atoms with E-state index < -0.39 is 8.07 Å². The highest BCUT2D eigenvalue weighted by molar-refractivity contribution is 6.76. The Morgan fingerprint density at radius 2 is 1.79 bits per heavy atom. The van der Waals surface area contributed by atoms with Gasteiger partial charge in [0.1, 0.15) is 5.78 Å². The second-order valence-corrected chi connectivity index (χ2v) is 11.1. The number of carbonyl (C=O) groups excluding carboxylic acids is 1. The van der Waals surface area contributed by atoms with E-state index in [9.17, 15) is 4.79 Å². The number of hydrogen-bond acceptors (Lipinski definition) is 1. The molecule has 1 atom stereocenters. The molecule has 14 heavy (non-hydrogen) atoms. The maximum absolute atomic E-state index is 10.9. The zero-order chi connectivity index (χ0) is 11.4. The molecule has 0 amide bonds. The Hall–Kier alpha value is -0.373. The van der Waals surface area contributed by atoms with E-state index in [4.69, 9.17) is 0 Å². The van der Waals surface area contributed by atoms with E-state index in [2.05, 4.69) is 33.1 Å². The molecule has 0 N–H and O–H groups in total. The average molecular weight is 212 g/mol. The number of hydrogen-bond donors (Lipinski definition) is 0. The second kappa shape index (κ2) is 5.49. The van der Waals surface area contributed by atoms with Crippen LogP contribution in [0.1, 0.15) is 26.7 Å². The maximum atomic E-state index is 10.9. The Bertz CT molecular complexity index is 213. The molecule has 0 aromatic heterocycles. The van der Waals surface area contributed by atoms with Gasteiger partial charge in [0, 0.05) is 14.5 Å². The summed E-state index contributed by atoms with van der Waals surface area (Å²) < 4.78 is 0. The molecule has 0 aromatic carbocycles. The van der Waals surface area contributed by atoms with Gasteiger partial charge in [0.05, 0.1) is 0 Å². The molecule has 0 saturated carbocycles. The molecule has 0 rings (SSSR count). The molecule has 0 aliphatic carbocycles. The standard InChI is InChI=1S/C12H24OSi/c1-10(2)12(8-7-11(3)13)9-14(4,5)6/h12H,1,7-9H2,2-6H3. The smallest absolute Gasteiger partial charge is 0.129 e. The fourth-order valence-electron chi connectivity index (χ4n) is 1.64. The van der Waals surface area contributed by atoms with Crippen LogP contribution in [0.25, 0.3) is 0 Å². The zero-order valence-corrected chi connectivity index (χ0v) is 11.3. The lowest BCUT2D eigenvalue weighted by molar-refractivity contribution is -0.117. The molecule has 82 valence electrons. The molecule has 1 nitrogen and oxygen atoms in total. The molecule has 1 unspecified atom stereocenters. The highest BCUT2D eigenvalue weighted by Gasteiger charge is 2.20. The van der Waals surface area contributed by atoms with E-state index in [0.29, 0.717) is 18.1 Å². The van der Waals surface area contributed by atoms with Crippen molar-refractivity contribution in [2.45, 2.75) is 52.4 Å². The molecule has 0 heterocycles. The van der Waals surface area contributed by atoms with Gasteiger partial charge in [-0.1, -0.05) is 37.8 Å². The molecule has 0 saturated heterocycles. The van der Waals surface area contributed by atoms with Crippen molar-refractivity contribution in [1.82, 2.24) is 0 Å². The molecule has 0 radical (unpaired) electrons. The van der Waals surface area contributed by atoms with Crippen molar-refractivity contribution in [2.24, 2.45) is 5.92 Å². The van der Waals surface area contributed by atoms with Crippen molar-refractivity contribution in [3.8, 4) is 0 Å². The minimum atomic E-state index is -1.03. The van der Waals surface area contributed by atoms with Crippen LogP contribution in [-0.4, -0.2) is 13.9 Å². The van der Waals surface area contributed by atoms with Crippen molar-refractivity contribution in [2.75, 3.05) is 0 Å². The largest absolute Gasteiger partial charge is 0.300 e. The minimum absolute atomic E-state index is 0.298.